The number of imide groups is 1. The van der Waals surface area contributed by atoms with Crippen LogP contribution in [0.4, 0.5) is 4.79 Å². The Balaban J connectivity index is 2.15. The molecule has 136 valence electrons. The fourth-order valence-electron chi connectivity index (χ4n) is 2.47. The maximum Gasteiger partial charge on any atom is 0.321 e. The molecule has 0 unspecified atom stereocenters. The van der Waals surface area contributed by atoms with Crippen LogP contribution in [0.25, 0.3) is 0 Å². The van der Waals surface area contributed by atoms with Crippen LogP contribution in [0.2, 0.25) is 0 Å². The molecule has 1 atom stereocenters. The van der Waals surface area contributed by atoms with Gasteiger partial charge in [0.05, 0.1) is 0 Å². The molecule has 0 spiro atoms. The third-order valence-electron chi connectivity index (χ3n) is 3.74. The Morgan fingerprint density at radius 2 is 1.42 bits per heavy atom. The van der Waals surface area contributed by atoms with E-state index in [1.54, 1.807) is 6.92 Å². The number of ether oxygens (including phenoxy) is 1. The van der Waals surface area contributed by atoms with Crippen LogP contribution in [-0.4, -0.2) is 30.6 Å². The van der Waals surface area contributed by atoms with Gasteiger partial charge in [0.15, 0.2) is 6.10 Å². The SMILES string of the molecule is CCNC(=O)NC(=O)[C@H](C)OC(=O)C(c1ccccc1)c1ccccc1. The van der Waals surface area contributed by atoms with Gasteiger partial charge in [-0.05, 0) is 25.0 Å². The summed E-state index contributed by atoms with van der Waals surface area (Å²) < 4.78 is 5.33. The molecule has 3 amide bonds. The summed E-state index contributed by atoms with van der Waals surface area (Å²) in [5.74, 6) is -1.89. The highest BCUT2D eigenvalue weighted by Gasteiger charge is 2.28. The fourth-order valence-corrected chi connectivity index (χ4v) is 2.47. The van der Waals surface area contributed by atoms with E-state index in [0.29, 0.717) is 6.54 Å². The minimum atomic E-state index is -1.10. The number of urea groups is 1. The van der Waals surface area contributed by atoms with Crippen molar-refractivity contribution in [3.8, 4) is 0 Å². The Morgan fingerprint density at radius 1 is 0.923 bits per heavy atom. The Labute approximate surface area is 152 Å². The highest BCUT2D eigenvalue weighted by atomic mass is 16.5. The Hall–Kier alpha value is -3.15. The molecule has 26 heavy (non-hydrogen) atoms. The molecule has 0 fully saturated rings. The molecule has 2 N–H and O–H groups in total. The number of esters is 1. The number of amides is 3. The molecule has 6 nitrogen and oxygen atoms in total. The second kappa shape index (κ2) is 9.36. The largest absolute Gasteiger partial charge is 0.452 e. The molecule has 0 saturated heterocycles. The van der Waals surface area contributed by atoms with Crippen molar-refractivity contribution in [2.24, 2.45) is 0 Å². The predicted octanol–water partition coefficient (Wildman–Crippen LogP) is 2.60. The Morgan fingerprint density at radius 3 is 1.88 bits per heavy atom. The average molecular weight is 354 g/mol. The van der Waals surface area contributed by atoms with Gasteiger partial charge in [-0.2, -0.15) is 0 Å². The quantitative estimate of drug-likeness (QED) is 0.781. The number of carbonyl (C=O) groups excluding carboxylic acids is 3. The summed E-state index contributed by atoms with van der Waals surface area (Å²) in [7, 11) is 0. The molecule has 6 heteroatoms. The molecule has 0 aliphatic rings. The van der Waals surface area contributed by atoms with Gasteiger partial charge in [-0.1, -0.05) is 60.7 Å². The van der Waals surface area contributed by atoms with Crippen LogP contribution < -0.4 is 10.6 Å². The number of nitrogens with one attached hydrogen (secondary N) is 2. The van der Waals surface area contributed by atoms with Gasteiger partial charge in [-0.25, -0.2) is 4.79 Å². The molecule has 0 radical (unpaired) electrons. The molecule has 0 saturated carbocycles. The van der Waals surface area contributed by atoms with E-state index in [-0.39, 0.29) is 0 Å². The molecule has 0 bridgehead atoms. The van der Waals surface area contributed by atoms with Gasteiger partial charge in [0.1, 0.15) is 5.92 Å². The van der Waals surface area contributed by atoms with Crippen LogP contribution in [0.3, 0.4) is 0 Å². The van der Waals surface area contributed by atoms with Crippen molar-refractivity contribution in [1.29, 1.82) is 0 Å². The van der Waals surface area contributed by atoms with E-state index in [4.69, 9.17) is 4.74 Å². The lowest BCUT2D eigenvalue weighted by Gasteiger charge is -2.20. The van der Waals surface area contributed by atoms with Crippen molar-refractivity contribution in [3.05, 3.63) is 71.8 Å². The monoisotopic (exact) mass is 354 g/mol. The summed E-state index contributed by atoms with van der Waals surface area (Å²) in [5, 5.41) is 4.59. The minimum absolute atomic E-state index is 0.386. The van der Waals surface area contributed by atoms with E-state index in [0.717, 1.165) is 11.1 Å². The van der Waals surface area contributed by atoms with Gasteiger partial charge in [0.2, 0.25) is 0 Å². The van der Waals surface area contributed by atoms with E-state index in [1.807, 2.05) is 60.7 Å². The fraction of sp³-hybridized carbons (Fsp3) is 0.250. The van der Waals surface area contributed by atoms with E-state index < -0.39 is 29.9 Å². The zero-order valence-electron chi connectivity index (χ0n) is 14.8. The number of carbonyl (C=O) groups is 3. The minimum Gasteiger partial charge on any atom is -0.452 e. The van der Waals surface area contributed by atoms with E-state index in [9.17, 15) is 14.4 Å². The van der Waals surface area contributed by atoms with Crippen molar-refractivity contribution in [2.75, 3.05) is 6.54 Å². The van der Waals surface area contributed by atoms with Gasteiger partial charge in [-0.3, -0.25) is 14.9 Å². The van der Waals surface area contributed by atoms with Crippen LogP contribution in [0.15, 0.2) is 60.7 Å². The first-order valence-corrected chi connectivity index (χ1v) is 8.42. The highest BCUT2D eigenvalue weighted by Crippen LogP contribution is 2.26. The summed E-state index contributed by atoms with van der Waals surface area (Å²) >= 11 is 0. The van der Waals surface area contributed by atoms with Crippen LogP contribution in [0.1, 0.15) is 30.9 Å². The number of hydrogen-bond donors (Lipinski definition) is 2. The van der Waals surface area contributed by atoms with Gasteiger partial charge in [0, 0.05) is 6.54 Å². The summed E-state index contributed by atoms with van der Waals surface area (Å²) in [4.78, 5) is 36.2. The zero-order chi connectivity index (χ0) is 18.9. The molecule has 0 aliphatic heterocycles. The lowest BCUT2D eigenvalue weighted by molar-refractivity contribution is -0.155. The molecular formula is C20H22N2O4. The first-order chi connectivity index (χ1) is 12.5. The molecule has 2 aromatic carbocycles. The second-order valence-corrected chi connectivity index (χ2v) is 5.68. The normalized spacial score (nSPS) is 11.5. The molecule has 2 rings (SSSR count). The molecule has 0 heterocycles. The van der Waals surface area contributed by atoms with Crippen LogP contribution >= 0.6 is 0 Å². The van der Waals surface area contributed by atoms with Crippen molar-refractivity contribution < 1.29 is 19.1 Å². The van der Waals surface area contributed by atoms with Crippen LogP contribution in [-0.2, 0) is 14.3 Å². The molecule has 0 aliphatic carbocycles. The summed E-state index contributed by atoms with van der Waals surface area (Å²) in [6, 6.07) is 17.8. The van der Waals surface area contributed by atoms with Crippen molar-refractivity contribution in [2.45, 2.75) is 25.9 Å². The van der Waals surface area contributed by atoms with Gasteiger partial charge >= 0.3 is 12.0 Å². The third-order valence-corrected chi connectivity index (χ3v) is 3.74. The summed E-state index contributed by atoms with van der Waals surface area (Å²) in [5.41, 5.74) is 1.53. The lowest BCUT2D eigenvalue weighted by Crippen LogP contribution is -2.45. The molecule has 0 aromatic heterocycles. The van der Waals surface area contributed by atoms with Crippen molar-refractivity contribution in [3.63, 3.8) is 0 Å². The first kappa shape index (κ1) is 19.2. The summed E-state index contributed by atoms with van der Waals surface area (Å²) in [6.07, 6.45) is -1.10. The van der Waals surface area contributed by atoms with Gasteiger partial charge in [-0.15, -0.1) is 0 Å². The van der Waals surface area contributed by atoms with E-state index in [1.165, 1.54) is 6.92 Å². The third kappa shape index (κ3) is 5.17. The maximum atomic E-state index is 12.8. The topological polar surface area (TPSA) is 84.5 Å². The number of rotatable bonds is 6. The van der Waals surface area contributed by atoms with Gasteiger partial charge < -0.3 is 10.1 Å². The summed E-state index contributed by atoms with van der Waals surface area (Å²) in [6.45, 7) is 3.55. The predicted molar refractivity (Wildman–Crippen MR) is 97.5 cm³/mol. The van der Waals surface area contributed by atoms with Crippen LogP contribution in [0.5, 0.6) is 0 Å². The number of hydrogen-bond acceptors (Lipinski definition) is 4. The van der Waals surface area contributed by atoms with E-state index in [2.05, 4.69) is 10.6 Å². The second-order valence-electron chi connectivity index (χ2n) is 5.68. The van der Waals surface area contributed by atoms with Crippen LogP contribution in [0, 0.1) is 0 Å². The Kier molecular flexibility index (Phi) is 6.91. The van der Waals surface area contributed by atoms with Crippen molar-refractivity contribution >= 4 is 17.9 Å². The average Bonchev–Trinajstić information content (AvgIpc) is 2.63. The smallest absolute Gasteiger partial charge is 0.321 e. The van der Waals surface area contributed by atoms with Gasteiger partial charge in [0.25, 0.3) is 5.91 Å². The van der Waals surface area contributed by atoms with E-state index >= 15 is 0 Å². The molecular weight excluding hydrogens is 332 g/mol. The molecule has 2 aromatic rings. The number of benzene rings is 2. The maximum absolute atomic E-state index is 12.8. The van der Waals surface area contributed by atoms with Crippen molar-refractivity contribution in [1.82, 2.24) is 10.6 Å². The standard InChI is InChI=1S/C20H22N2O4/c1-3-21-20(25)22-18(23)14(2)26-19(24)17(15-10-6-4-7-11-15)16-12-8-5-9-13-16/h4-14,17H,3H2,1-2H3,(H2,21,22,23,25)/t14-/m0/s1. The first-order valence-electron chi connectivity index (χ1n) is 8.42. The zero-order valence-corrected chi connectivity index (χ0v) is 14.8. The highest BCUT2D eigenvalue weighted by molar-refractivity contribution is 5.97. The lowest BCUT2D eigenvalue weighted by atomic mass is 9.91. The Bertz CT molecular complexity index is 707.